The lowest BCUT2D eigenvalue weighted by Crippen LogP contribution is -2.50. The maximum Gasteiger partial charge on any atom is 0.0718 e. The molecule has 4 nitrogen and oxygen atoms in total. The zero-order valence-electron chi connectivity index (χ0n) is 12.3. The van der Waals surface area contributed by atoms with Crippen LogP contribution in [0.1, 0.15) is 25.1 Å². The molecular formula is C15H25N3O. The minimum Gasteiger partial charge on any atom is -0.389 e. The lowest BCUT2D eigenvalue weighted by Gasteiger charge is -2.37. The van der Waals surface area contributed by atoms with E-state index in [9.17, 15) is 5.11 Å². The van der Waals surface area contributed by atoms with E-state index >= 15 is 0 Å². The highest BCUT2D eigenvalue weighted by molar-refractivity contribution is 5.17. The van der Waals surface area contributed by atoms with Crippen molar-refractivity contribution in [1.82, 2.24) is 14.8 Å². The summed E-state index contributed by atoms with van der Waals surface area (Å²) in [6, 6.07) is 4.10. The monoisotopic (exact) mass is 263 g/mol. The van der Waals surface area contributed by atoms with Crippen LogP contribution in [0.15, 0.2) is 18.3 Å². The molecule has 2 heterocycles. The predicted octanol–water partition coefficient (Wildman–Crippen LogP) is 1.28. The molecule has 1 fully saturated rings. The van der Waals surface area contributed by atoms with Gasteiger partial charge in [-0.2, -0.15) is 0 Å². The van der Waals surface area contributed by atoms with Gasteiger partial charge in [0.1, 0.15) is 0 Å². The number of aliphatic hydroxyl groups is 1. The number of pyridine rings is 1. The fourth-order valence-corrected chi connectivity index (χ4v) is 2.55. The van der Waals surface area contributed by atoms with Gasteiger partial charge in [-0.05, 0) is 32.4 Å². The number of β-amino-alcohol motifs (C(OH)–C–C–N with tert-alkyl or cyclic N) is 1. The molecule has 0 saturated carbocycles. The molecule has 1 aromatic heterocycles. The highest BCUT2D eigenvalue weighted by Crippen LogP contribution is 2.12. The molecule has 0 aromatic carbocycles. The zero-order valence-corrected chi connectivity index (χ0v) is 12.3. The lowest BCUT2D eigenvalue weighted by molar-refractivity contribution is 0.0165. The molecule has 1 aliphatic rings. The van der Waals surface area contributed by atoms with E-state index in [0.717, 1.165) is 39.3 Å². The Bertz CT molecular complexity index is 406. The molecule has 0 unspecified atom stereocenters. The summed E-state index contributed by atoms with van der Waals surface area (Å²) in [6.45, 7) is 11.7. The maximum absolute atomic E-state index is 9.84. The van der Waals surface area contributed by atoms with Crippen LogP contribution in [0.25, 0.3) is 0 Å². The molecule has 4 heteroatoms. The topological polar surface area (TPSA) is 39.6 Å². The van der Waals surface area contributed by atoms with Gasteiger partial charge in [0.25, 0.3) is 0 Å². The lowest BCUT2D eigenvalue weighted by atomic mass is 10.1. The van der Waals surface area contributed by atoms with Gasteiger partial charge < -0.3 is 5.11 Å². The van der Waals surface area contributed by atoms with Crippen LogP contribution in [-0.2, 0) is 6.54 Å². The quantitative estimate of drug-likeness (QED) is 0.888. The molecule has 1 saturated heterocycles. The smallest absolute Gasteiger partial charge is 0.0718 e. The number of hydrogen-bond donors (Lipinski definition) is 1. The molecule has 1 aromatic rings. The molecule has 0 spiro atoms. The SMILES string of the molecule is Cc1cccnc1CN1CCN(CC(C)(C)O)CC1. The number of hydrogen-bond acceptors (Lipinski definition) is 4. The Hall–Kier alpha value is -0.970. The highest BCUT2D eigenvalue weighted by atomic mass is 16.3. The first-order valence-corrected chi connectivity index (χ1v) is 7.02. The Kier molecular flexibility index (Phi) is 4.55. The molecular weight excluding hydrogens is 238 g/mol. The van der Waals surface area contributed by atoms with Gasteiger partial charge in [0.2, 0.25) is 0 Å². The summed E-state index contributed by atoms with van der Waals surface area (Å²) in [4.78, 5) is 9.23. The van der Waals surface area contributed by atoms with E-state index < -0.39 is 5.60 Å². The predicted molar refractivity (Wildman–Crippen MR) is 77.0 cm³/mol. The maximum atomic E-state index is 9.84. The largest absolute Gasteiger partial charge is 0.389 e. The van der Waals surface area contributed by atoms with Crippen LogP contribution in [0.4, 0.5) is 0 Å². The number of nitrogens with zero attached hydrogens (tertiary/aromatic N) is 3. The molecule has 106 valence electrons. The van der Waals surface area contributed by atoms with Crippen LogP contribution in [0, 0.1) is 6.92 Å². The minimum atomic E-state index is -0.597. The second-order valence-electron chi connectivity index (χ2n) is 6.13. The van der Waals surface area contributed by atoms with E-state index in [0.29, 0.717) is 0 Å². The zero-order chi connectivity index (χ0) is 13.9. The van der Waals surface area contributed by atoms with Crippen molar-refractivity contribution in [3.05, 3.63) is 29.6 Å². The molecule has 0 radical (unpaired) electrons. The first-order chi connectivity index (χ1) is 8.94. The van der Waals surface area contributed by atoms with Crippen LogP contribution in [0.5, 0.6) is 0 Å². The van der Waals surface area contributed by atoms with E-state index in [-0.39, 0.29) is 0 Å². The average molecular weight is 263 g/mol. The molecule has 0 amide bonds. The molecule has 0 bridgehead atoms. The summed E-state index contributed by atoms with van der Waals surface area (Å²) < 4.78 is 0. The van der Waals surface area contributed by atoms with Crippen molar-refractivity contribution in [3.63, 3.8) is 0 Å². The fourth-order valence-electron chi connectivity index (χ4n) is 2.55. The third kappa shape index (κ3) is 4.56. The Morgan fingerprint density at radius 1 is 1.21 bits per heavy atom. The molecule has 0 aliphatic carbocycles. The van der Waals surface area contributed by atoms with Gasteiger partial charge in [-0.1, -0.05) is 6.07 Å². The second kappa shape index (κ2) is 5.99. The van der Waals surface area contributed by atoms with Crippen molar-refractivity contribution >= 4 is 0 Å². The number of rotatable bonds is 4. The van der Waals surface area contributed by atoms with Crippen molar-refractivity contribution < 1.29 is 5.11 Å². The molecule has 1 aliphatic heterocycles. The standard InChI is InChI=1S/C15H25N3O/c1-13-5-4-6-16-14(13)11-17-7-9-18(10-8-17)12-15(2,3)19/h4-6,19H,7-12H2,1-3H3. The van der Waals surface area contributed by atoms with Crippen LogP contribution < -0.4 is 0 Å². The first-order valence-electron chi connectivity index (χ1n) is 7.02. The summed E-state index contributed by atoms with van der Waals surface area (Å²) in [5, 5.41) is 9.84. The highest BCUT2D eigenvalue weighted by Gasteiger charge is 2.22. The van der Waals surface area contributed by atoms with Crippen LogP contribution >= 0.6 is 0 Å². The number of piperazine rings is 1. The summed E-state index contributed by atoms with van der Waals surface area (Å²) >= 11 is 0. The van der Waals surface area contributed by atoms with Crippen molar-refractivity contribution in [3.8, 4) is 0 Å². The third-order valence-corrected chi connectivity index (χ3v) is 3.57. The van der Waals surface area contributed by atoms with E-state index in [1.54, 1.807) is 0 Å². The Balaban J connectivity index is 1.82. The van der Waals surface area contributed by atoms with Crippen LogP contribution in [0.3, 0.4) is 0 Å². The van der Waals surface area contributed by atoms with Crippen molar-refractivity contribution in [2.45, 2.75) is 32.9 Å². The molecule has 0 atom stereocenters. The Morgan fingerprint density at radius 3 is 2.42 bits per heavy atom. The normalized spacial score (nSPS) is 18.7. The van der Waals surface area contributed by atoms with Crippen LogP contribution in [0.2, 0.25) is 0 Å². The number of aryl methyl sites for hydroxylation is 1. The summed E-state index contributed by atoms with van der Waals surface area (Å²) in [5.74, 6) is 0. The van der Waals surface area contributed by atoms with Crippen molar-refractivity contribution in [1.29, 1.82) is 0 Å². The summed E-state index contributed by atoms with van der Waals surface area (Å²) in [6.07, 6.45) is 1.87. The van der Waals surface area contributed by atoms with Crippen molar-refractivity contribution in [2.24, 2.45) is 0 Å². The van der Waals surface area contributed by atoms with Crippen LogP contribution in [-0.4, -0.2) is 58.2 Å². The molecule has 19 heavy (non-hydrogen) atoms. The number of aromatic nitrogens is 1. The fraction of sp³-hybridized carbons (Fsp3) is 0.667. The van der Waals surface area contributed by atoms with Gasteiger partial charge in [0, 0.05) is 45.5 Å². The van der Waals surface area contributed by atoms with Gasteiger partial charge in [0.15, 0.2) is 0 Å². The van der Waals surface area contributed by atoms with E-state index in [1.165, 1.54) is 11.3 Å². The minimum absolute atomic E-state index is 0.597. The molecule has 1 N–H and O–H groups in total. The first kappa shape index (κ1) is 14.4. The Labute approximate surface area is 116 Å². The van der Waals surface area contributed by atoms with E-state index in [2.05, 4.69) is 27.8 Å². The van der Waals surface area contributed by atoms with Gasteiger partial charge in [-0.3, -0.25) is 14.8 Å². The molecule has 2 rings (SSSR count). The summed E-state index contributed by atoms with van der Waals surface area (Å²) in [7, 11) is 0. The summed E-state index contributed by atoms with van der Waals surface area (Å²) in [5.41, 5.74) is 1.85. The third-order valence-electron chi connectivity index (χ3n) is 3.57. The van der Waals surface area contributed by atoms with Gasteiger partial charge in [-0.25, -0.2) is 0 Å². The van der Waals surface area contributed by atoms with Gasteiger partial charge in [0.05, 0.1) is 11.3 Å². The van der Waals surface area contributed by atoms with Gasteiger partial charge >= 0.3 is 0 Å². The van der Waals surface area contributed by atoms with E-state index in [1.807, 2.05) is 26.1 Å². The van der Waals surface area contributed by atoms with E-state index in [4.69, 9.17) is 0 Å². The van der Waals surface area contributed by atoms with Crippen molar-refractivity contribution in [2.75, 3.05) is 32.7 Å². The Morgan fingerprint density at radius 2 is 1.84 bits per heavy atom. The van der Waals surface area contributed by atoms with Gasteiger partial charge in [-0.15, -0.1) is 0 Å². The second-order valence-corrected chi connectivity index (χ2v) is 6.13. The average Bonchev–Trinajstić information content (AvgIpc) is 2.33.